The molecule has 0 bridgehead atoms. The molecule has 0 N–H and O–H groups in total. The van der Waals surface area contributed by atoms with Gasteiger partial charge >= 0.3 is 0 Å². The minimum Gasteiger partial charge on any atom is -0.0622 e. The van der Waals surface area contributed by atoms with Crippen LogP contribution in [0, 0.1) is 0 Å². The standard InChI is InChI=1S/C39H34/c1-39(2,3)33-26-16-25-32(27-33)38-36(30-21-12-6-13-22-30)34(28-17-8-4-9-18-28)35(29-19-10-5-11-20-29)37(38)31-23-14-7-15-24-31/h4-27,36H,1-3H3. The third-order valence-electron chi connectivity index (χ3n) is 7.75. The Morgan fingerprint density at radius 3 is 1.31 bits per heavy atom. The molecule has 6 rings (SSSR count). The van der Waals surface area contributed by atoms with E-state index in [-0.39, 0.29) is 11.3 Å². The Morgan fingerprint density at radius 2 is 0.821 bits per heavy atom. The van der Waals surface area contributed by atoms with Gasteiger partial charge in [0.15, 0.2) is 0 Å². The van der Waals surface area contributed by atoms with Crippen LogP contribution in [0.2, 0.25) is 0 Å². The maximum atomic E-state index is 2.42. The van der Waals surface area contributed by atoms with Crippen LogP contribution in [-0.2, 0) is 5.41 Å². The fourth-order valence-electron chi connectivity index (χ4n) is 5.88. The van der Waals surface area contributed by atoms with E-state index in [1.807, 2.05) is 0 Å². The summed E-state index contributed by atoms with van der Waals surface area (Å²) in [6.45, 7) is 6.89. The van der Waals surface area contributed by atoms with Gasteiger partial charge in [0.2, 0.25) is 0 Å². The molecule has 0 radical (unpaired) electrons. The van der Waals surface area contributed by atoms with Gasteiger partial charge in [0, 0.05) is 5.92 Å². The van der Waals surface area contributed by atoms with Gasteiger partial charge in [-0.15, -0.1) is 0 Å². The van der Waals surface area contributed by atoms with Crippen LogP contribution in [0.1, 0.15) is 60.1 Å². The number of allylic oxidation sites excluding steroid dienone is 4. The second kappa shape index (κ2) is 10.4. The van der Waals surface area contributed by atoms with E-state index in [0.717, 1.165) is 0 Å². The first-order valence-corrected chi connectivity index (χ1v) is 13.8. The Bertz CT molecular complexity index is 1630. The molecule has 1 aliphatic rings. The van der Waals surface area contributed by atoms with Crippen LogP contribution in [-0.4, -0.2) is 0 Å². The molecule has 1 unspecified atom stereocenters. The molecule has 0 saturated carbocycles. The zero-order valence-corrected chi connectivity index (χ0v) is 22.9. The molecule has 0 aliphatic heterocycles. The van der Waals surface area contributed by atoms with Crippen molar-refractivity contribution in [2.24, 2.45) is 0 Å². The summed E-state index contributed by atoms with van der Waals surface area (Å²) in [5, 5.41) is 0. The number of hydrogen-bond acceptors (Lipinski definition) is 0. The Hall–Kier alpha value is -4.42. The first-order chi connectivity index (χ1) is 19.0. The molecule has 0 aromatic heterocycles. The van der Waals surface area contributed by atoms with Crippen LogP contribution < -0.4 is 0 Å². The van der Waals surface area contributed by atoms with E-state index in [0.29, 0.717) is 0 Å². The van der Waals surface area contributed by atoms with Crippen LogP contribution in [0.15, 0.2) is 146 Å². The molecule has 0 spiro atoms. The van der Waals surface area contributed by atoms with E-state index in [9.17, 15) is 0 Å². The molecule has 0 saturated heterocycles. The molecule has 190 valence electrons. The third kappa shape index (κ3) is 4.79. The molecule has 0 heterocycles. The van der Waals surface area contributed by atoms with Gasteiger partial charge in [0.25, 0.3) is 0 Å². The third-order valence-corrected chi connectivity index (χ3v) is 7.75. The maximum absolute atomic E-state index is 2.42. The molecule has 1 aliphatic carbocycles. The first kappa shape index (κ1) is 24.9. The topological polar surface area (TPSA) is 0 Å². The number of benzene rings is 5. The fraction of sp³-hybridized carbons (Fsp3) is 0.128. The van der Waals surface area contributed by atoms with E-state index < -0.39 is 0 Å². The molecular weight excluding hydrogens is 468 g/mol. The molecule has 1 atom stereocenters. The average Bonchev–Trinajstić information content (AvgIpc) is 3.35. The van der Waals surface area contributed by atoms with Gasteiger partial charge in [-0.25, -0.2) is 0 Å². The second-order valence-corrected chi connectivity index (χ2v) is 11.3. The van der Waals surface area contributed by atoms with Gasteiger partial charge < -0.3 is 0 Å². The van der Waals surface area contributed by atoms with Crippen molar-refractivity contribution in [3.05, 3.63) is 179 Å². The summed E-state index contributed by atoms with van der Waals surface area (Å²) in [6, 6.07) is 53.1. The van der Waals surface area contributed by atoms with Gasteiger partial charge in [0.1, 0.15) is 0 Å². The molecular formula is C39H34. The van der Waals surface area contributed by atoms with Crippen molar-refractivity contribution in [3.8, 4) is 0 Å². The second-order valence-electron chi connectivity index (χ2n) is 11.3. The van der Waals surface area contributed by atoms with Crippen molar-refractivity contribution in [1.29, 1.82) is 0 Å². The van der Waals surface area contributed by atoms with Crippen LogP contribution >= 0.6 is 0 Å². The normalized spacial score (nSPS) is 15.6. The van der Waals surface area contributed by atoms with Crippen molar-refractivity contribution in [2.75, 3.05) is 0 Å². The maximum Gasteiger partial charge on any atom is 0.0364 e. The van der Waals surface area contributed by atoms with Crippen LogP contribution in [0.25, 0.3) is 22.3 Å². The summed E-state index contributed by atoms with van der Waals surface area (Å²) in [7, 11) is 0. The lowest BCUT2D eigenvalue weighted by molar-refractivity contribution is 0.590. The molecule has 39 heavy (non-hydrogen) atoms. The van der Waals surface area contributed by atoms with Gasteiger partial charge in [-0.05, 0) is 61.1 Å². The van der Waals surface area contributed by atoms with Gasteiger partial charge in [-0.3, -0.25) is 0 Å². The minimum atomic E-state index is 0.0578. The molecule has 5 aromatic carbocycles. The van der Waals surface area contributed by atoms with E-state index in [1.54, 1.807) is 0 Å². The summed E-state index contributed by atoms with van der Waals surface area (Å²) < 4.78 is 0. The average molecular weight is 503 g/mol. The highest BCUT2D eigenvalue weighted by atomic mass is 14.4. The quantitative estimate of drug-likeness (QED) is 0.224. The molecule has 0 nitrogen and oxygen atoms in total. The number of hydrogen-bond donors (Lipinski definition) is 0. The summed E-state index contributed by atoms with van der Waals surface area (Å²) in [4.78, 5) is 0. The van der Waals surface area contributed by atoms with E-state index in [2.05, 4.69) is 166 Å². The van der Waals surface area contributed by atoms with Crippen LogP contribution in [0.3, 0.4) is 0 Å². The highest BCUT2D eigenvalue weighted by Crippen LogP contribution is 2.58. The van der Waals surface area contributed by atoms with Crippen molar-refractivity contribution >= 4 is 22.3 Å². The van der Waals surface area contributed by atoms with E-state index in [4.69, 9.17) is 0 Å². The molecule has 0 fully saturated rings. The highest BCUT2D eigenvalue weighted by molar-refractivity contribution is 6.29. The Morgan fingerprint density at radius 1 is 0.410 bits per heavy atom. The van der Waals surface area contributed by atoms with E-state index in [1.165, 1.54) is 55.7 Å². The van der Waals surface area contributed by atoms with E-state index >= 15 is 0 Å². The van der Waals surface area contributed by atoms with Gasteiger partial charge in [-0.2, -0.15) is 0 Å². The first-order valence-electron chi connectivity index (χ1n) is 13.8. The summed E-state index contributed by atoms with van der Waals surface area (Å²) in [5.74, 6) is 0.0919. The zero-order chi connectivity index (χ0) is 26.8. The Labute approximate surface area is 233 Å². The summed E-state index contributed by atoms with van der Waals surface area (Å²) in [5.41, 5.74) is 13.1. The Kier molecular flexibility index (Phi) is 6.63. The smallest absolute Gasteiger partial charge is 0.0364 e. The van der Waals surface area contributed by atoms with Crippen molar-refractivity contribution in [2.45, 2.75) is 32.1 Å². The predicted octanol–water partition coefficient (Wildman–Crippen LogP) is 10.3. The van der Waals surface area contributed by atoms with Crippen molar-refractivity contribution in [3.63, 3.8) is 0 Å². The fourth-order valence-corrected chi connectivity index (χ4v) is 5.88. The minimum absolute atomic E-state index is 0.0578. The predicted molar refractivity (Wildman–Crippen MR) is 167 cm³/mol. The van der Waals surface area contributed by atoms with Gasteiger partial charge in [0.05, 0.1) is 0 Å². The zero-order valence-electron chi connectivity index (χ0n) is 22.9. The van der Waals surface area contributed by atoms with Crippen LogP contribution in [0.5, 0.6) is 0 Å². The van der Waals surface area contributed by atoms with Gasteiger partial charge in [-0.1, -0.05) is 166 Å². The molecule has 0 amide bonds. The number of rotatable bonds is 5. The lowest BCUT2D eigenvalue weighted by atomic mass is 9.79. The SMILES string of the molecule is CC(C)(C)c1cccc(C2=C(c3ccccc3)C(c3ccccc3)=C(c3ccccc3)C2c2ccccc2)c1. The Balaban J connectivity index is 1.77. The highest BCUT2D eigenvalue weighted by Gasteiger charge is 2.37. The summed E-state index contributed by atoms with van der Waals surface area (Å²) >= 11 is 0. The lowest BCUT2D eigenvalue weighted by Gasteiger charge is -2.24. The lowest BCUT2D eigenvalue weighted by Crippen LogP contribution is -2.11. The molecule has 5 aromatic rings. The monoisotopic (exact) mass is 502 g/mol. The largest absolute Gasteiger partial charge is 0.0622 e. The van der Waals surface area contributed by atoms with Crippen LogP contribution in [0.4, 0.5) is 0 Å². The van der Waals surface area contributed by atoms with Crippen molar-refractivity contribution in [1.82, 2.24) is 0 Å². The molecule has 0 heteroatoms. The summed E-state index contributed by atoms with van der Waals surface area (Å²) in [6.07, 6.45) is 0. The van der Waals surface area contributed by atoms with Crippen molar-refractivity contribution < 1.29 is 0 Å².